The lowest BCUT2D eigenvalue weighted by Gasteiger charge is -2.25. The molecule has 2 aromatic carbocycles. The molecule has 4 nitrogen and oxygen atoms in total. The van der Waals surface area contributed by atoms with Gasteiger partial charge in [-0.2, -0.15) is 13.2 Å². The van der Waals surface area contributed by atoms with E-state index in [4.69, 9.17) is 0 Å². The van der Waals surface area contributed by atoms with E-state index in [9.17, 15) is 22.8 Å². The number of alkyl halides is 3. The van der Waals surface area contributed by atoms with E-state index in [1.807, 2.05) is 35.6 Å². The molecule has 0 aliphatic rings. The van der Waals surface area contributed by atoms with E-state index in [2.05, 4.69) is 5.32 Å². The van der Waals surface area contributed by atoms with Gasteiger partial charge in [-0.25, -0.2) is 0 Å². The number of benzene rings is 2. The molecule has 0 aromatic heterocycles. The number of aryl methyl sites for hydroxylation is 1. The first-order valence-electron chi connectivity index (χ1n) is 8.33. The first-order valence-corrected chi connectivity index (χ1v) is 8.33. The molecule has 0 heterocycles. The van der Waals surface area contributed by atoms with Gasteiger partial charge >= 0.3 is 6.18 Å². The number of carbonyl (C=O) groups is 2. The molecule has 0 spiro atoms. The molecule has 0 unspecified atom stereocenters. The monoisotopic (exact) mass is 378 g/mol. The van der Waals surface area contributed by atoms with Gasteiger partial charge in [-0.05, 0) is 44.0 Å². The standard InChI is InChI=1S/C20H21F3N2O2/c1-13-9-10-14(17(26)24-12-20(21,22)23)11-16(13)25-18(27)19(2,3)15-7-5-4-6-8-15/h4-11H,12H2,1-3H3,(H,24,26)(H,25,27). The molecule has 0 aliphatic carbocycles. The second-order valence-corrected chi connectivity index (χ2v) is 6.77. The van der Waals surface area contributed by atoms with Gasteiger partial charge in [0.15, 0.2) is 0 Å². The zero-order chi connectivity index (χ0) is 20.2. The smallest absolute Gasteiger partial charge is 0.343 e. The molecule has 144 valence electrons. The SMILES string of the molecule is Cc1ccc(C(=O)NCC(F)(F)F)cc1NC(=O)C(C)(C)c1ccccc1. The fourth-order valence-electron chi connectivity index (χ4n) is 2.44. The second-order valence-electron chi connectivity index (χ2n) is 6.77. The summed E-state index contributed by atoms with van der Waals surface area (Å²) in [5, 5.41) is 4.59. The summed E-state index contributed by atoms with van der Waals surface area (Å²) in [6.07, 6.45) is -4.49. The minimum absolute atomic E-state index is 0.0395. The Labute approximate surface area is 155 Å². The normalized spacial score (nSPS) is 11.8. The van der Waals surface area contributed by atoms with Crippen LogP contribution >= 0.6 is 0 Å². The largest absolute Gasteiger partial charge is 0.405 e. The zero-order valence-electron chi connectivity index (χ0n) is 15.3. The lowest BCUT2D eigenvalue weighted by Crippen LogP contribution is -2.35. The Hall–Kier alpha value is -2.83. The molecule has 2 N–H and O–H groups in total. The summed E-state index contributed by atoms with van der Waals surface area (Å²) >= 11 is 0. The van der Waals surface area contributed by atoms with E-state index in [1.165, 1.54) is 12.1 Å². The molecule has 0 fully saturated rings. The number of halogens is 3. The molecule has 0 bridgehead atoms. The van der Waals surface area contributed by atoms with Crippen molar-refractivity contribution < 1.29 is 22.8 Å². The quantitative estimate of drug-likeness (QED) is 0.819. The zero-order valence-corrected chi connectivity index (χ0v) is 15.3. The minimum atomic E-state index is -4.49. The highest BCUT2D eigenvalue weighted by atomic mass is 19.4. The fraction of sp³-hybridized carbons (Fsp3) is 0.300. The number of anilines is 1. The Bertz CT molecular complexity index is 831. The van der Waals surface area contributed by atoms with Crippen LogP contribution in [0.2, 0.25) is 0 Å². The summed E-state index contributed by atoms with van der Waals surface area (Å²) in [5.74, 6) is -1.14. The number of hydrogen-bond donors (Lipinski definition) is 2. The van der Waals surface area contributed by atoms with Gasteiger partial charge in [0.25, 0.3) is 5.91 Å². The van der Waals surface area contributed by atoms with Crippen LogP contribution in [0.1, 0.15) is 35.3 Å². The molecule has 0 aliphatic heterocycles. The summed E-state index contributed by atoms with van der Waals surface area (Å²) in [5.41, 5.74) is 1.10. The molecular weight excluding hydrogens is 357 g/mol. The van der Waals surface area contributed by atoms with Crippen molar-refractivity contribution in [3.05, 3.63) is 65.2 Å². The van der Waals surface area contributed by atoms with E-state index < -0.39 is 24.0 Å². The van der Waals surface area contributed by atoms with Gasteiger partial charge in [0.1, 0.15) is 6.54 Å². The Morgan fingerprint density at radius 3 is 2.22 bits per heavy atom. The predicted octanol–water partition coefficient (Wildman–Crippen LogP) is 4.20. The molecule has 27 heavy (non-hydrogen) atoms. The van der Waals surface area contributed by atoms with Gasteiger partial charge in [-0.1, -0.05) is 36.4 Å². The van der Waals surface area contributed by atoms with Crippen LogP contribution in [-0.4, -0.2) is 24.5 Å². The Morgan fingerprint density at radius 1 is 1.00 bits per heavy atom. The van der Waals surface area contributed by atoms with Crippen molar-refractivity contribution in [3.8, 4) is 0 Å². The highest BCUT2D eigenvalue weighted by Crippen LogP contribution is 2.26. The van der Waals surface area contributed by atoms with Gasteiger partial charge < -0.3 is 10.6 Å². The summed E-state index contributed by atoms with van der Waals surface area (Å²) in [7, 11) is 0. The average Bonchev–Trinajstić information content (AvgIpc) is 2.61. The first kappa shape index (κ1) is 20.5. The topological polar surface area (TPSA) is 58.2 Å². The lowest BCUT2D eigenvalue weighted by molar-refractivity contribution is -0.123. The van der Waals surface area contributed by atoms with Crippen LogP contribution < -0.4 is 10.6 Å². The molecule has 2 amide bonds. The lowest BCUT2D eigenvalue weighted by atomic mass is 9.83. The Kier molecular flexibility index (Phi) is 5.93. The third-order valence-electron chi connectivity index (χ3n) is 4.26. The maximum Gasteiger partial charge on any atom is 0.405 e. The summed E-state index contributed by atoms with van der Waals surface area (Å²) in [6.45, 7) is 3.87. The van der Waals surface area contributed by atoms with Crippen molar-refractivity contribution in [2.24, 2.45) is 0 Å². The predicted molar refractivity (Wildman–Crippen MR) is 97.7 cm³/mol. The third kappa shape index (κ3) is 5.32. The molecule has 0 saturated carbocycles. The van der Waals surface area contributed by atoms with Gasteiger partial charge in [0.2, 0.25) is 5.91 Å². The first-order chi connectivity index (χ1) is 12.5. The average molecular weight is 378 g/mol. The third-order valence-corrected chi connectivity index (χ3v) is 4.26. The fourth-order valence-corrected chi connectivity index (χ4v) is 2.44. The van der Waals surface area contributed by atoms with Gasteiger partial charge in [0, 0.05) is 11.3 Å². The van der Waals surface area contributed by atoms with Gasteiger partial charge in [-0.3, -0.25) is 9.59 Å². The molecule has 2 aromatic rings. The van der Waals surface area contributed by atoms with E-state index >= 15 is 0 Å². The summed E-state index contributed by atoms with van der Waals surface area (Å²) in [6, 6.07) is 13.6. The van der Waals surface area contributed by atoms with Crippen LogP contribution in [-0.2, 0) is 10.2 Å². The summed E-state index contributed by atoms with van der Waals surface area (Å²) < 4.78 is 36.8. The molecule has 7 heteroatoms. The van der Waals surface area contributed by atoms with E-state index in [0.717, 1.165) is 5.56 Å². The molecule has 0 saturated heterocycles. The number of hydrogen-bond acceptors (Lipinski definition) is 2. The molecule has 2 rings (SSSR count). The van der Waals surface area contributed by atoms with Crippen LogP contribution in [0, 0.1) is 6.92 Å². The highest BCUT2D eigenvalue weighted by molar-refractivity contribution is 6.01. The van der Waals surface area contributed by atoms with Crippen molar-refractivity contribution in [3.63, 3.8) is 0 Å². The molecule has 0 radical (unpaired) electrons. The van der Waals surface area contributed by atoms with Crippen LogP contribution in [0.25, 0.3) is 0 Å². The maximum absolute atomic E-state index is 12.8. The van der Waals surface area contributed by atoms with Crippen molar-refractivity contribution in [1.29, 1.82) is 0 Å². The van der Waals surface area contributed by atoms with E-state index in [-0.39, 0.29) is 11.5 Å². The van der Waals surface area contributed by atoms with Gasteiger partial charge in [-0.15, -0.1) is 0 Å². The number of carbonyl (C=O) groups excluding carboxylic acids is 2. The minimum Gasteiger partial charge on any atom is -0.343 e. The van der Waals surface area contributed by atoms with Crippen LogP contribution in [0.5, 0.6) is 0 Å². The van der Waals surface area contributed by atoms with Crippen LogP contribution in [0.4, 0.5) is 18.9 Å². The summed E-state index contributed by atoms with van der Waals surface area (Å²) in [4.78, 5) is 24.7. The maximum atomic E-state index is 12.8. The number of amides is 2. The molecule has 0 atom stereocenters. The highest BCUT2D eigenvalue weighted by Gasteiger charge is 2.30. The Morgan fingerprint density at radius 2 is 1.63 bits per heavy atom. The van der Waals surface area contributed by atoms with Crippen LogP contribution in [0.3, 0.4) is 0 Å². The van der Waals surface area contributed by atoms with Crippen molar-refractivity contribution >= 4 is 17.5 Å². The van der Waals surface area contributed by atoms with Gasteiger partial charge in [0.05, 0.1) is 5.41 Å². The second kappa shape index (κ2) is 7.82. The van der Waals surface area contributed by atoms with Crippen molar-refractivity contribution in [2.75, 3.05) is 11.9 Å². The molecular formula is C20H21F3N2O2. The van der Waals surface area contributed by atoms with Crippen molar-refractivity contribution in [2.45, 2.75) is 32.4 Å². The van der Waals surface area contributed by atoms with E-state index in [0.29, 0.717) is 11.3 Å². The number of nitrogens with one attached hydrogen (secondary N) is 2. The Balaban J connectivity index is 2.19. The van der Waals surface area contributed by atoms with Crippen LogP contribution in [0.15, 0.2) is 48.5 Å². The number of rotatable bonds is 5. The van der Waals surface area contributed by atoms with E-state index in [1.54, 1.807) is 26.8 Å². The van der Waals surface area contributed by atoms with Crippen molar-refractivity contribution in [1.82, 2.24) is 5.32 Å².